The van der Waals surface area contributed by atoms with E-state index in [2.05, 4.69) is 10.4 Å². The largest absolute Gasteiger partial charge is 0.481 e. The summed E-state index contributed by atoms with van der Waals surface area (Å²) in [4.78, 5) is 0. The first-order valence-electron chi connectivity index (χ1n) is 7.19. The first kappa shape index (κ1) is 16.1. The van der Waals surface area contributed by atoms with Crippen LogP contribution in [0.4, 0.5) is 13.2 Å². The van der Waals surface area contributed by atoms with Gasteiger partial charge in [0.1, 0.15) is 0 Å². The van der Waals surface area contributed by atoms with Crippen molar-refractivity contribution in [1.82, 2.24) is 15.1 Å². The van der Waals surface area contributed by atoms with Gasteiger partial charge in [-0.25, -0.2) is 4.68 Å². The number of aryl methyl sites for hydroxylation is 2. The Bertz CT molecular complexity index is 485. The Morgan fingerprint density at radius 2 is 2.10 bits per heavy atom. The highest BCUT2D eigenvalue weighted by atomic mass is 19.4. The molecule has 0 bridgehead atoms. The SMILES string of the molecule is COc1c(CN[C@H]2CCC[C@H](C(F)(F)F)C2)c(C)nn1C. The van der Waals surface area contributed by atoms with E-state index < -0.39 is 12.1 Å². The topological polar surface area (TPSA) is 39.1 Å². The number of rotatable bonds is 4. The molecule has 1 aliphatic rings. The van der Waals surface area contributed by atoms with Gasteiger partial charge in [-0.3, -0.25) is 0 Å². The van der Waals surface area contributed by atoms with Gasteiger partial charge >= 0.3 is 6.18 Å². The van der Waals surface area contributed by atoms with E-state index in [9.17, 15) is 13.2 Å². The maximum Gasteiger partial charge on any atom is 0.391 e. The monoisotopic (exact) mass is 305 g/mol. The predicted octanol–water partition coefficient (Wildman–Crippen LogP) is 2.95. The molecular weight excluding hydrogens is 283 g/mol. The minimum Gasteiger partial charge on any atom is -0.481 e. The molecule has 2 rings (SSSR count). The number of methoxy groups -OCH3 is 1. The molecule has 0 saturated heterocycles. The van der Waals surface area contributed by atoms with Gasteiger partial charge in [0.2, 0.25) is 5.88 Å². The molecule has 1 fully saturated rings. The Kier molecular flexibility index (Phi) is 4.81. The van der Waals surface area contributed by atoms with Crippen LogP contribution >= 0.6 is 0 Å². The lowest BCUT2D eigenvalue weighted by atomic mass is 9.85. The van der Waals surface area contributed by atoms with Crippen molar-refractivity contribution < 1.29 is 17.9 Å². The molecule has 0 spiro atoms. The Balaban J connectivity index is 1.97. The van der Waals surface area contributed by atoms with Crippen molar-refractivity contribution in [3.8, 4) is 5.88 Å². The molecular formula is C14H22F3N3O. The average Bonchev–Trinajstić information content (AvgIpc) is 2.69. The molecule has 1 N–H and O–H groups in total. The second kappa shape index (κ2) is 6.25. The molecule has 0 amide bonds. The third-order valence-corrected chi connectivity index (χ3v) is 4.19. The molecule has 0 aromatic carbocycles. The second-order valence-corrected chi connectivity index (χ2v) is 5.68. The van der Waals surface area contributed by atoms with Gasteiger partial charge in [0.05, 0.1) is 24.3 Å². The summed E-state index contributed by atoms with van der Waals surface area (Å²) < 4.78 is 45.3. The van der Waals surface area contributed by atoms with Crippen LogP contribution in [0.3, 0.4) is 0 Å². The van der Waals surface area contributed by atoms with Crippen LogP contribution in [0, 0.1) is 12.8 Å². The maximum absolute atomic E-state index is 12.8. The number of nitrogens with one attached hydrogen (secondary N) is 1. The normalized spacial score (nSPS) is 23.3. The molecule has 1 saturated carbocycles. The lowest BCUT2D eigenvalue weighted by Gasteiger charge is -2.31. The summed E-state index contributed by atoms with van der Waals surface area (Å²) in [6, 6.07) is -0.102. The molecule has 1 aliphatic carbocycles. The van der Waals surface area contributed by atoms with E-state index in [1.807, 2.05) is 6.92 Å². The fourth-order valence-electron chi connectivity index (χ4n) is 3.06. The summed E-state index contributed by atoms with van der Waals surface area (Å²) in [6.07, 6.45) is -2.27. The summed E-state index contributed by atoms with van der Waals surface area (Å²) in [6.45, 7) is 2.36. The summed E-state index contributed by atoms with van der Waals surface area (Å²) >= 11 is 0. The second-order valence-electron chi connectivity index (χ2n) is 5.68. The fourth-order valence-corrected chi connectivity index (χ4v) is 3.06. The molecule has 0 radical (unpaired) electrons. The number of alkyl halides is 3. The Morgan fingerprint density at radius 1 is 1.38 bits per heavy atom. The van der Waals surface area contributed by atoms with Gasteiger partial charge in [-0.1, -0.05) is 6.42 Å². The number of nitrogens with zero attached hydrogens (tertiary/aromatic N) is 2. The van der Waals surface area contributed by atoms with E-state index in [1.54, 1.807) is 18.8 Å². The highest BCUT2D eigenvalue weighted by molar-refractivity contribution is 5.30. The van der Waals surface area contributed by atoms with Crippen molar-refractivity contribution in [1.29, 1.82) is 0 Å². The number of hydrogen-bond donors (Lipinski definition) is 1. The van der Waals surface area contributed by atoms with E-state index in [0.29, 0.717) is 18.8 Å². The Labute approximate surface area is 122 Å². The van der Waals surface area contributed by atoms with E-state index in [4.69, 9.17) is 4.74 Å². The van der Waals surface area contributed by atoms with Crippen molar-refractivity contribution in [2.75, 3.05) is 7.11 Å². The maximum atomic E-state index is 12.8. The van der Waals surface area contributed by atoms with E-state index in [0.717, 1.165) is 17.7 Å². The highest BCUT2D eigenvalue weighted by Crippen LogP contribution is 2.37. The molecule has 0 aliphatic heterocycles. The van der Waals surface area contributed by atoms with Crippen LogP contribution in [0.15, 0.2) is 0 Å². The highest BCUT2D eigenvalue weighted by Gasteiger charge is 2.42. The molecule has 120 valence electrons. The molecule has 0 unspecified atom stereocenters. The number of hydrogen-bond acceptors (Lipinski definition) is 3. The van der Waals surface area contributed by atoms with Gasteiger partial charge in [0.15, 0.2) is 0 Å². The van der Waals surface area contributed by atoms with E-state index in [1.165, 1.54) is 0 Å². The molecule has 4 nitrogen and oxygen atoms in total. The van der Waals surface area contributed by atoms with E-state index >= 15 is 0 Å². The van der Waals surface area contributed by atoms with Gasteiger partial charge in [-0.05, 0) is 26.2 Å². The third-order valence-electron chi connectivity index (χ3n) is 4.19. The zero-order valence-corrected chi connectivity index (χ0v) is 12.6. The van der Waals surface area contributed by atoms with Crippen LogP contribution in [-0.4, -0.2) is 29.1 Å². The van der Waals surface area contributed by atoms with E-state index in [-0.39, 0.29) is 18.9 Å². The van der Waals surface area contributed by atoms with Gasteiger partial charge in [-0.2, -0.15) is 18.3 Å². The smallest absolute Gasteiger partial charge is 0.391 e. The summed E-state index contributed by atoms with van der Waals surface area (Å²) in [5, 5.41) is 7.51. The molecule has 2 atom stereocenters. The Hall–Kier alpha value is -1.24. The van der Waals surface area contributed by atoms with Crippen molar-refractivity contribution in [3.05, 3.63) is 11.3 Å². The van der Waals surface area contributed by atoms with Crippen molar-refractivity contribution in [3.63, 3.8) is 0 Å². The van der Waals surface area contributed by atoms with Crippen LogP contribution in [0.1, 0.15) is 36.9 Å². The number of halogens is 3. The van der Waals surface area contributed by atoms with Crippen LogP contribution in [0.2, 0.25) is 0 Å². The van der Waals surface area contributed by atoms with Crippen LogP contribution in [0.25, 0.3) is 0 Å². The molecule has 7 heteroatoms. The molecule has 1 aromatic rings. The minimum absolute atomic E-state index is 0.102. The average molecular weight is 305 g/mol. The van der Waals surface area contributed by atoms with Crippen molar-refractivity contribution in [2.45, 2.75) is 51.4 Å². The van der Waals surface area contributed by atoms with Gasteiger partial charge < -0.3 is 10.1 Å². The van der Waals surface area contributed by atoms with Gasteiger partial charge in [-0.15, -0.1) is 0 Å². The lowest BCUT2D eigenvalue weighted by molar-refractivity contribution is -0.183. The minimum atomic E-state index is -4.08. The molecule has 1 aromatic heterocycles. The third kappa shape index (κ3) is 3.70. The van der Waals surface area contributed by atoms with Crippen molar-refractivity contribution >= 4 is 0 Å². The zero-order chi connectivity index (χ0) is 15.6. The quantitative estimate of drug-likeness (QED) is 0.929. The zero-order valence-electron chi connectivity index (χ0n) is 12.6. The molecule has 21 heavy (non-hydrogen) atoms. The van der Waals surface area contributed by atoms with Crippen LogP contribution in [-0.2, 0) is 13.6 Å². The summed E-state index contributed by atoms with van der Waals surface area (Å²) in [7, 11) is 3.36. The fraction of sp³-hybridized carbons (Fsp3) is 0.786. The first-order chi connectivity index (χ1) is 9.82. The molecule has 1 heterocycles. The first-order valence-corrected chi connectivity index (χ1v) is 7.19. The predicted molar refractivity (Wildman–Crippen MR) is 73.1 cm³/mol. The van der Waals surface area contributed by atoms with Gasteiger partial charge in [0, 0.05) is 19.6 Å². The number of aromatic nitrogens is 2. The summed E-state index contributed by atoms with van der Waals surface area (Å²) in [5.74, 6) is -0.524. The van der Waals surface area contributed by atoms with Gasteiger partial charge in [0.25, 0.3) is 0 Å². The van der Waals surface area contributed by atoms with Crippen LogP contribution < -0.4 is 10.1 Å². The standard InChI is InChI=1S/C14H22F3N3O/c1-9-12(13(21-3)20(2)19-9)8-18-11-6-4-5-10(7-11)14(15,16)17/h10-11,18H,4-8H2,1-3H3/t10-,11-/m0/s1. The van der Waals surface area contributed by atoms with Crippen LogP contribution in [0.5, 0.6) is 5.88 Å². The van der Waals surface area contributed by atoms with Crippen molar-refractivity contribution in [2.24, 2.45) is 13.0 Å². The Morgan fingerprint density at radius 3 is 2.71 bits per heavy atom. The lowest BCUT2D eigenvalue weighted by Crippen LogP contribution is -2.38. The number of ether oxygens (including phenoxy) is 1. The summed E-state index contributed by atoms with van der Waals surface area (Å²) in [5.41, 5.74) is 1.75.